The zero-order valence-electron chi connectivity index (χ0n) is 19.0. The van der Waals surface area contributed by atoms with Crippen LogP contribution in [-0.4, -0.2) is 22.0 Å². The summed E-state index contributed by atoms with van der Waals surface area (Å²) < 4.78 is 0. The van der Waals surface area contributed by atoms with E-state index >= 15 is 0 Å². The summed E-state index contributed by atoms with van der Waals surface area (Å²) in [5, 5.41) is 12.2. The Labute approximate surface area is 194 Å². The maximum absolute atomic E-state index is 13.7. The molecule has 170 valence electrons. The Hall–Kier alpha value is -3.47. The zero-order chi connectivity index (χ0) is 23.2. The lowest BCUT2D eigenvalue weighted by Gasteiger charge is -2.24. The first-order chi connectivity index (χ1) is 16.0. The highest BCUT2D eigenvalue weighted by molar-refractivity contribution is 5.97. The number of anilines is 1. The van der Waals surface area contributed by atoms with Crippen molar-refractivity contribution in [1.82, 2.24) is 4.98 Å². The second-order valence-corrected chi connectivity index (χ2v) is 8.86. The summed E-state index contributed by atoms with van der Waals surface area (Å²) in [6.45, 7) is 1.94. The molecule has 1 aliphatic rings. The first-order valence-electron chi connectivity index (χ1n) is 11.6. The molecule has 5 nitrogen and oxygen atoms in total. The molecule has 0 aliphatic heterocycles. The van der Waals surface area contributed by atoms with Crippen LogP contribution in [0.25, 0.3) is 11.1 Å². The van der Waals surface area contributed by atoms with E-state index in [2.05, 4.69) is 28.5 Å². The Kier molecular flexibility index (Phi) is 7.18. The van der Waals surface area contributed by atoms with Gasteiger partial charge in [-0.25, -0.2) is 0 Å². The van der Waals surface area contributed by atoms with Crippen LogP contribution in [-0.2, 0) is 16.0 Å². The number of benzene rings is 2. The van der Waals surface area contributed by atoms with Crippen molar-refractivity contribution in [1.29, 1.82) is 0 Å². The second-order valence-electron chi connectivity index (χ2n) is 8.86. The van der Waals surface area contributed by atoms with E-state index in [4.69, 9.17) is 5.11 Å². The molecule has 1 unspecified atom stereocenters. The van der Waals surface area contributed by atoms with Crippen LogP contribution in [0, 0.1) is 12.8 Å². The molecule has 33 heavy (non-hydrogen) atoms. The van der Waals surface area contributed by atoms with Crippen LogP contribution in [0.2, 0.25) is 0 Å². The molecule has 5 heteroatoms. The fraction of sp³-hybridized carbons (Fsp3) is 0.321. The number of hydrogen-bond acceptors (Lipinski definition) is 3. The molecule has 1 saturated carbocycles. The van der Waals surface area contributed by atoms with Crippen LogP contribution >= 0.6 is 0 Å². The van der Waals surface area contributed by atoms with Gasteiger partial charge in [0.05, 0.1) is 5.92 Å². The lowest BCUT2D eigenvalue weighted by Crippen LogP contribution is -2.27. The number of carbonyl (C=O) groups is 2. The van der Waals surface area contributed by atoms with Crippen molar-refractivity contribution in [3.05, 3.63) is 83.7 Å². The molecule has 1 amide bonds. The predicted octanol–water partition coefficient (Wildman–Crippen LogP) is 5.99. The largest absolute Gasteiger partial charge is 0.481 e. The number of aliphatic carboxylic acids is 1. The summed E-state index contributed by atoms with van der Waals surface area (Å²) in [6, 6.07) is 17.9. The van der Waals surface area contributed by atoms with E-state index < -0.39 is 5.97 Å². The molecule has 1 atom stereocenters. The number of carboxylic acid groups (broad SMARTS) is 1. The molecule has 1 aliphatic carbocycles. The summed E-state index contributed by atoms with van der Waals surface area (Å²) in [7, 11) is 0. The highest BCUT2D eigenvalue weighted by Crippen LogP contribution is 2.39. The van der Waals surface area contributed by atoms with Gasteiger partial charge in [0.15, 0.2) is 0 Å². The van der Waals surface area contributed by atoms with E-state index in [0.717, 1.165) is 59.2 Å². The third-order valence-corrected chi connectivity index (χ3v) is 6.71. The van der Waals surface area contributed by atoms with Crippen LogP contribution in [0.4, 0.5) is 5.69 Å². The molecule has 0 radical (unpaired) electrons. The number of hydrogen-bond donors (Lipinski definition) is 2. The van der Waals surface area contributed by atoms with Crippen LogP contribution < -0.4 is 5.32 Å². The van der Waals surface area contributed by atoms with Crippen LogP contribution in [0.5, 0.6) is 0 Å². The highest BCUT2D eigenvalue weighted by atomic mass is 16.4. The van der Waals surface area contributed by atoms with Gasteiger partial charge < -0.3 is 10.4 Å². The standard InChI is InChI=1S/C28H30N2O3/c1-19-20(14-15-26(31)32)9-5-13-25(19)30-28(33)27(21-7-2-3-8-21)23-11-4-10-22(17-23)24-12-6-16-29-18-24/h4-6,9-13,16-18,21,27H,2-3,7-8,14-15H2,1H3,(H,30,33)(H,31,32). The number of aromatic nitrogens is 1. The number of aryl methyl sites for hydroxylation is 1. The van der Waals surface area contributed by atoms with E-state index in [1.807, 2.05) is 49.5 Å². The number of amides is 1. The van der Waals surface area contributed by atoms with Gasteiger partial charge in [0.2, 0.25) is 5.91 Å². The molecule has 4 rings (SSSR count). The quantitative estimate of drug-likeness (QED) is 0.449. The van der Waals surface area contributed by atoms with Crippen LogP contribution in [0.3, 0.4) is 0 Å². The van der Waals surface area contributed by atoms with Crippen LogP contribution in [0.15, 0.2) is 67.0 Å². The number of pyridine rings is 1. The van der Waals surface area contributed by atoms with Gasteiger partial charge in [-0.3, -0.25) is 14.6 Å². The summed E-state index contributed by atoms with van der Waals surface area (Å²) in [6.07, 6.45) is 8.53. The summed E-state index contributed by atoms with van der Waals surface area (Å²) in [4.78, 5) is 28.9. The number of nitrogens with one attached hydrogen (secondary N) is 1. The summed E-state index contributed by atoms with van der Waals surface area (Å²) >= 11 is 0. The molecule has 0 saturated heterocycles. The van der Waals surface area contributed by atoms with Gasteiger partial charge in [0.1, 0.15) is 0 Å². The number of nitrogens with zero attached hydrogens (tertiary/aromatic N) is 1. The van der Waals surface area contributed by atoms with Crippen LogP contribution in [0.1, 0.15) is 54.7 Å². The third-order valence-electron chi connectivity index (χ3n) is 6.71. The van der Waals surface area contributed by atoms with Crippen molar-refractivity contribution in [2.75, 3.05) is 5.32 Å². The minimum atomic E-state index is -0.821. The predicted molar refractivity (Wildman–Crippen MR) is 130 cm³/mol. The van der Waals surface area contributed by atoms with Gasteiger partial charge in [0.25, 0.3) is 0 Å². The molecule has 1 aromatic heterocycles. The Balaban J connectivity index is 1.62. The van der Waals surface area contributed by atoms with Crippen molar-refractivity contribution in [3.8, 4) is 11.1 Å². The number of carbonyl (C=O) groups excluding carboxylic acids is 1. The van der Waals surface area contributed by atoms with E-state index in [1.165, 1.54) is 0 Å². The molecule has 1 heterocycles. The van der Waals surface area contributed by atoms with Crippen molar-refractivity contribution in [2.24, 2.45) is 5.92 Å². The molecular formula is C28H30N2O3. The average Bonchev–Trinajstić information content (AvgIpc) is 3.35. The SMILES string of the molecule is Cc1c(CCC(=O)O)cccc1NC(=O)C(c1cccc(-c2cccnc2)c1)C1CCCC1. The fourth-order valence-electron chi connectivity index (χ4n) is 4.92. The van der Waals surface area contributed by atoms with E-state index in [1.54, 1.807) is 6.20 Å². The minimum Gasteiger partial charge on any atom is -0.481 e. The molecule has 1 fully saturated rings. The van der Waals surface area contributed by atoms with Gasteiger partial charge in [0, 0.05) is 24.5 Å². The number of rotatable bonds is 8. The van der Waals surface area contributed by atoms with Crippen molar-refractivity contribution >= 4 is 17.6 Å². The normalized spacial score (nSPS) is 14.7. The van der Waals surface area contributed by atoms with Gasteiger partial charge >= 0.3 is 5.97 Å². The first kappa shape index (κ1) is 22.7. The molecule has 2 N–H and O–H groups in total. The lowest BCUT2D eigenvalue weighted by atomic mass is 9.83. The monoisotopic (exact) mass is 442 g/mol. The number of carboxylic acids is 1. The molecular weight excluding hydrogens is 412 g/mol. The highest BCUT2D eigenvalue weighted by Gasteiger charge is 2.32. The molecule has 2 aromatic carbocycles. The van der Waals surface area contributed by atoms with Crippen molar-refractivity contribution < 1.29 is 14.7 Å². The Morgan fingerprint density at radius 3 is 2.55 bits per heavy atom. The van der Waals surface area contributed by atoms with Gasteiger partial charge in [-0.2, -0.15) is 0 Å². The maximum atomic E-state index is 13.7. The molecule has 0 spiro atoms. The lowest BCUT2D eigenvalue weighted by molar-refractivity contribution is -0.137. The Bertz CT molecular complexity index is 1120. The van der Waals surface area contributed by atoms with Gasteiger partial charge in [-0.05, 0) is 72.1 Å². The van der Waals surface area contributed by atoms with Gasteiger partial charge in [-0.15, -0.1) is 0 Å². The second kappa shape index (κ2) is 10.4. The first-order valence-corrected chi connectivity index (χ1v) is 11.6. The Morgan fingerprint density at radius 2 is 1.82 bits per heavy atom. The smallest absolute Gasteiger partial charge is 0.303 e. The van der Waals surface area contributed by atoms with Gasteiger partial charge in [-0.1, -0.05) is 55.3 Å². The molecule has 3 aromatic rings. The minimum absolute atomic E-state index is 0.00345. The topological polar surface area (TPSA) is 79.3 Å². The Morgan fingerprint density at radius 1 is 1.06 bits per heavy atom. The fourth-order valence-corrected chi connectivity index (χ4v) is 4.92. The van der Waals surface area contributed by atoms with Crippen molar-refractivity contribution in [3.63, 3.8) is 0 Å². The van der Waals surface area contributed by atoms with Crippen molar-refractivity contribution in [2.45, 2.75) is 51.4 Å². The van der Waals surface area contributed by atoms with E-state index in [9.17, 15) is 9.59 Å². The average molecular weight is 443 g/mol. The molecule has 0 bridgehead atoms. The van der Waals surface area contributed by atoms with E-state index in [0.29, 0.717) is 12.3 Å². The van der Waals surface area contributed by atoms with E-state index in [-0.39, 0.29) is 18.2 Å². The third kappa shape index (κ3) is 5.48. The summed E-state index contributed by atoms with van der Waals surface area (Å²) in [5.41, 5.74) is 5.76. The zero-order valence-corrected chi connectivity index (χ0v) is 19.0. The summed E-state index contributed by atoms with van der Waals surface area (Å²) in [5.74, 6) is -0.738. The maximum Gasteiger partial charge on any atom is 0.303 e.